The average Bonchev–Trinajstić information content (AvgIpc) is 2.76. The number of amidine groups is 1. The first-order chi connectivity index (χ1) is 8.49. The highest BCUT2D eigenvalue weighted by Crippen LogP contribution is 2.18. The average molecular weight is 254 g/mol. The number of urea groups is 1. The SMILES string of the molecule is CC(C)CN(CCC(=N)N)C(=O)NC1CCCC1. The minimum Gasteiger partial charge on any atom is -0.388 e. The van der Waals surface area contributed by atoms with Crippen LogP contribution in [0.2, 0.25) is 0 Å². The summed E-state index contributed by atoms with van der Waals surface area (Å²) in [6.07, 6.45) is 5.05. The van der Waals surface area contributed by atoms with Crippen molar-refractivity contribution in [2.75, 3.05) is 13.1 Å². The normalized spacial score (nSPS) is 15.9. The lowest BCUT2D eigenvalue weighted by atomic mass is 10.2. The monoisotopic (exact) mass is 254 g/mol. The van der Waals surface area contributed by atoms with Gasteiger partial charge in [0.15, 0.2) is 0 Å². The molecule has 2 amide bonds. The van der Waals surface area contributed by atoms with Crippen LogP contribution in [0.25, 0.3) is 0 Å². The predicted molar refractivity (Wildman–Crippen MR) is 73.7 cm³/mol. The number of hydrogen-bond acceptors (Lipinski definition) is 2. The third kappa shape index (κ3) is 5.38. The molecule has 0 bridgehead atoms. The van der Waals surface area contributed by atoms with Gasteiger partial charge in [0.05, 0.1) is 5.84 Å². The van der Waals surface area contributed by atoms with Crippen molar-refractivity contribution in [2.45, 2.75) is 52.0 Å². The van der Waals surface area contributed by atoms with Gasteiger partial charge in [-0.3, -0.25) is 5.41 Å². The second kappa shape index (κ2) is 7.24. The Bertz CT molecular complexity index is 285. The highest BCUT2D eigenvalue weighted by molar-refractivity contribution is 5.79. The summed E-state index contributed by atoms with van der Waals surface area (Å²) >= 11 is 0. The van der Waals surface area contributed by atoms with Crippen LogP contribution in [-0.4, -0.2) is 35.9 Å². The molecule has 1 saturated carbocycles. The van der Waals surface area contributed by atoms with Crippen LogP contribution < -0.4 is 11.1 Å². The van der Waals surface area contributed by atoms with E-state index in [1.54, 1.807) is 4.90 Å². The van der Waals surface area contributed by atoms with E-state index in [0.29, 0.717) is 31.5 Å². The summed E-state index contributed by atoms with van der Waals surface area (Å²) in [4.78, 5) is 13.9. The van der Waals surface area contributed by atoms with Gasteiger partial charge >= 0.3 is 6.03 Å². The van der Waals surface area contributed by atoms with Crippen LogP contribution in [0.4, 0.5) is 4.79 Å². The molecule has 0 aliphatic heterocycles. The number of rotatable bonds is 6. The molecule has 0 aromatic rings. The Morgan fingerprint density at radius 1 is 1.44 bits per heavy atom. The fourth-order valence-corrected chi connectivity index (χ4v) is 2.31. The minimum atomic E-state index is -0.00292. The molecule has 0 unspecified atom stereocenters. The largest absolute Gasteiger partial charge is 0.388 e. The number of amides is 2. The number of nitrogens with zero attached hydrogens (tertiary/aromatic N) is 1. The van der Waals surface area contributed by atoms with Crippen molar-refractivity contribution < 1.29 is 4.79 Å². The van der Waals surface area contributed by atoms with E-state index >= 15 is 0 Å². The first kappa shape index (κ1) is 14.8. The van der Waals surface area contributed by atoms with Crippen LogP contribution >= 0.6 is 0 Å². The first-order valence-electron chi connectivity index (χ1n) is 6.87. The van der Waals surface area contributed by atoms with Gasteiger partial charge in [-0.15, -0.1) is 0 Å². The van der Waals surface area contributed by atoms with E-state index in [0.717, 1.165) is 12.8 Å². The highest BCUT2D eigenvalue weighted by atomic mass is 16.2. The molecule has 104 valence electrons. The molecule has 0 aromatic carbocycles. The van der Waals surface area contributed by atoms with Crippen molar-refractivity contribution in [2.24, 2.45) is 11.7 Å². The molecule has 5 nitrogen and oxygen atoms in total. The summed E-state index contributed by atoms with van der Waals surface area (Å²) < 4.78 is 0. The van der Waals surface area contributed by atoms with Crippen molar-refractivity contribution >= 4 is 11.9 Å². The van der Waals surface area contributed by atoms with Gasteiger partial charge in [-0.1, -0.05) is 26.7 Å². The van der Waals surface area contributed by atoms with Gasteiger partial charge in [-0.2, -0.15) is 0 Å². The first-order valence-corrected chi connectivity index (χ1v) is 6.87. The van der Waals surface area contributed by atoms with Crippen LogP contribution in [0.1, 0.15) is 46.0 Å². The lowest BCUT2D eigenvalue weighted by Crippen LogP contribution is -2.46. The molecule has 0 heterocycles. The smallest absolute Gasteiger partial charge is 0.317 e. The van der Waals surface area contributed by atoms with E-state index in [2.05, 4.69) is 19.2 Å². The van der Waals surface area contributed by atoms with Crippen molar-refractivity contribution in [1.29, 1.82) is 5.41 Å². The van der Waals surface area contributed by atoms with Gasteiger partial charge in [-0.25, -0.2) is 4.79 Å². The van der Waals surface area contributed by atoms with Gasteiger partial charge in [0.2, 0.25) is 0 Å². The molecule has 1 aliphatic rings. The third-order valence-electron chi connectivity index (χ3n) is 3.21. The Labute approximate surface area is 110 Å². The van der Waals surface area contributed by atoms with E-state index in [4.69, 9.17) is 11.1 Å². The van der Waals surface area contributed by atoms with Gasteiger partial charge in [0.1, 0.15) is 0 Å². The van der Waals surface area contributed by atoms with Crippen LogP contribution in [0.3, 0.4) is 0 Å². The lowest BCUT2D eigenvalue weighted by Gasteiger charge is -2.26. The summed E-state index contributed by atoms with van der Waals surface area (Å²) in [5.74, 6) is 0.559. The standard InChI is InChI=1S/C13H26N4O/c1-10(2)9-17(8-7-12(14)15)13(18)16-11-5-3-4-6-11/h10-11H,3-9H2,1-2H3,(H3,14,15)(H,16,18). The Kier molecular flexibility index (Phi) is 5.95. The molecule has 5 heteroatoms. The molecular formula is C13H26N4O. The van der Waals surface area contributed by atoms with Crippen LogP contribution in [0.15, 0.2) is 0 Å². The third-order valence-corrected chi connectivity index (χ3v) is 3.21. The van der Waals surface area contributed by atoms with Gasteiger partial charge < -0.3 is 16.0 Å². The van der Waals surface area contributed by atoms with Crippen molar-refractivity contribution in [1.82, 2.24) is 10.2 Å². The van der Waals surface area contributed by atoms with Crippen molar-refractivity contribution in [3.8, 4) is 0 Å². The number of carbonyl (C=O) groups excluding carboxylic acids is 1. The number of nitrogens with two attached hydrogens (primary N) is 1. The van der Waals surface area contributed by atoms with Crippen molar-refractivity contribution in [3.63, 3.8) is 0 Å². The van der Waals surface area contributed by atoms with Crippen LogP contribution in [-0.2, 0) is 0 Å². The lowest BCUT2D eigenvalue weighted by molar-refractivity contribution is 0.188. The van der Waals surface area contributed by atoms with Crippen LogP contribution in [0, 0.1) is 11.3 Å². The Hall–Kier alpha value is -1.26. The van der Waals surface area contributed by atoms with Crippen molar-refractivity contribution in [3.05, 3.63) is 0 Å². The summed E-state index contributed by atoms with van der Waals surface area (Å²) in [7, 11) is 0. The Morgan fingerprint density at radius 3 is 2.56 bits per heavy atom. The van der Waals surface area contributed by atoms with Crippen LogP contribution in [0.5, 0.6) is 0 Å². The molecular weight excluding hydrogens is 228 g/mol. The maximum Gasteiger partial charge on any atom is 0.317 e. The van der Waals surface area contributed by atoms with Gasteiger partial charge in [0, 0.05) is 25.6 Å². The van der Waals surface area contributed by atoms with E-state index in [9.17, 15) is 4.79 Å². The molecule has 1 rings (SSSR count). The molecule has 0 saturated heterocycles. The maximum atomic E-state index is 12.2. The Balaban J connectivity index is 2.45. The highest BCUT2D eigenvalue weighted by Gasteiger charge is 2.21. The predicted octanol–water partition coefficient (Wildman–Crippen LogP) is 1.92. The zero-order valence-electron chi connectivity index (χ0n) is 11.5. The molecule has 4 N–H and O–H groups in total. The summed E-state index contributed by atoms with van der Waals surface area (Å²) in [5, 5.41) is 10.3. The molecule has 1 aliphatic carbocycles. The number of nitrogens with one attached hydrogen (secondary N) is 2. The summed E-state index contributed by atoms with van der Waals surface area (Å²) in [6, 6.07) is 0.335. The van der Waals surface area contributed by atoms with E-state index in [-0.39, 0.29) is 11.9 Å². The topological polar surface area (TPSA) is 82.2 Å². The molecule has 0 aromatic heterocycles. The fraction of sp³-hybridized carbons (Fsp3) is 0.846. The molecule has 1 fully saturated rings. The second-order valence-electron chi connectivity index (χ2n) is 5.55. The zero-order chi connectivity index (χ0) is 13.5. The quantitative estimate of drug-likeness (QED) is 0.500. The molecule has 0 spiro atoms. The zero-order valence-corrected chi connectivity index (χ0v) is 11.5. The van der Waals surface area contributed by atoms with E-state index in [1.807, 2.05) is 0 Å². The van der Waals surface area contributed by atoms with E-state index < -0.39 is 0 Å². The Morgan fingerprint density at radius 2 is 2.06 bits per heavy atom. The summed E-state index contributed by atoms with van der Waals surface area (Å²) in [6.45, 7) is 5.42. The number of carbonyl (C=O) groups is 1. The number of hydrogen-bond donors (Lipinski definition) is 3. The second-order valence-corrected chi connectivity index (χ2v) is 5.55. The molecule has 0 atom stereocenters. The van der Waals surface area contributed by atoms with Gasteiger partial charge in [0.25, 0.3) is 0 Å². The maximum absolute atomic E-state index is 12.2. The molecule has 18 heavy (non-hydrogen) atoms. The fourth-order valence-electron chi connectivity index (χ4n) is 2.31. The van der Waals surface area contributed by atoms with E-state index in [1.165, 1.54) is 12.8 Å². The van der Waals surface area contributed by atoms with Gasteiger partial charge in [-0.05, 0) is 18.8 Å². The summed E-state index contributed by atoms with van der Waals surface area (Å²) in [5.41, 5.74) is 5.36. The molecule has 0 radical (unpaired) electrons. The minimum absolute atomic E-state index is 0.00292.